The number of ketones is 1. The highest BCUT2D eigenvalue weighted by molar-refractivity contribution is 5.99. The average Bonchev–Trinajstić information content (AvgIpc) is 2.59. The van der Waals surface area contributed by atoms with Crippen molar-refractivity contribution in [2.24, 2.45) is 10.4 Å². The Hall–Kier alpha value is -1.04. The molecule has 3 aliphatic heterocycles. The highest BCUT2D eigenvalue weighted by atomic mass is 16.1. The number of piperidine rings is 1. The van der Waals surface area contributed by atoms with Crippen LogP contribution in [0, 0.1) is 5.41 Å². The summed E-state index contributed by atoms with van der Waals surface area (Å²) in [5.41, 5.74) is 5.37. The first kappa shape index (κ1) is 8.28. The lowest BCUT2D eigenvalue weighted by Gasteiger charge is -2.44. The van der Waals surface area contributed by atoms with Crippen molar-refractivity contribution in [2.75, 3.05) is 19.6 Å². The van der Waals surface area contributed by atoms with Gasteiger partial charge >= 0.3 is 0 Å². The van der Waals surface area contributed by atoms with Crippen LogP contribution in [0.25, 0.3) is 0 Å². The minimum absolute atomic E-state index is 0.177. The number of nitrogens with one attached hydrogen (secondary N) is 3. The van der Waals surface area contributed by atoms with Crippen LogP contribution < -0.4 is 16.2 Å². The van der Waals surface area contributed by atoms with Gasteiger partial charge in [0.2, 0.25) is 0 Å². The Balaban J connectivity index is 2.16. The monoisotopic (exact) mass is 192 g/mol. The first-order chi connectivity index (χ1) is 6.79. The van der Waals surface area contributed by atoms with Crippen molar-refractivity contribution in [3.63, 3.8) is 0 Å². The third-order valence-corrected chi connectivity index (χ3v) is 3.37. The Kier molecular flexibility index (Phi) is 1.48. The predicted molar refractivity (Wildman–Crippen MR) is 51.8 cm³/mol. The summed E-state index contributed by atoms with van der Waals surface area (Å²) in [5, 5.41) is 3.14. The molecule has 2 unspecified atom stereocenters. The van der Waals surface area contributed by atoms with Crippen LogP contribution in [0.15, 0.2) is 17.3 Å². The van der Waals surface area contributed by atoms with E-state index >= 15 is 0 Å². The molecule has 2 atom stereocenters. The number of carbonyl (C=O) groups is 1. The lowest BCUT2D eigenvalue weighted by atomic mass is 9.66. The topological polar surface area (TPSA) is 65.5 Å². The van der Waals surface area contributed by atoms with Crippen LogP contribution in [0.1, 0.15) is 0 Å². The van der Waals surface area contributed by atoms with Crippen molar-refractivity contribution in [3.05, 3.63) is 12.3 Å². The summed E-state index contributed by atoms with van der Waals surface area (Å²) in [6, 6.07) is 0. The van der Waals surface area contributed by atoms with Crippen LogP contribution in [-0.2, 0) is 4.79 Å². The number of hydrogen-bond acceptors (Lipinski definition) is 5. The molecule has 5 heteroatoms. The highest BCUT2D eigenvalue weighted by Crippen LogP contribution is 2.38. The first-order valence-corrected chi connectivity index (χ1v) is 4.75. The van der Waals surface area contributed by atoms with E-state index in [1.54, 1.807) is 6.20 Å². The molecular formula is C9H12N4O. The van der Waals surface area contributed by atoms with E-state index in [1.807, 2.05) is 12.3 Å². The average molecular weight is 192 g/mol. The van der Waals surface area contributed by atoms with Crippen molar-refractivity contribution >= 4 is 12.0 Å². The molecule has 74 valence electrons. The fourth-order valence-corrected chi connectivity index (χ4v) is 2.53. The van der Waals surface area contributed by atoms with Crippen LogP contribution in [-0.4, -0.2) is 37.2 Å². The third kappa shape index (κ3) is 0.755. The van der Waals surface area contributed by atoms with Gasteiger partial charge in [-0.25, -0.2) is 5.43 Å². The number of hydrogen-bond donors (Lipinski definition) is 3. The second-order valence-electron chi connectivity index (χ2n) is 4.06. The van der Waals surface area contributed by atoms with E-state index in [0.717, 1.165) is 13.1 Å². The second-order valence-corrected chi connectivity index (χ2v) is 4.06. The van der Waals surface area contributed by atoms with Crippen molar-refractivity contribution in [1.29, 1.82) is 0 Å². The Bertz CT molecular complexity index is 351. The van der Waals surface area contributed by atoms with Crippen LogP contribution in [0.3, 0.4) is 0 Å². The maximum Gasteiger partial charge on any atom is 0.172 e. The fraction of sp³-hybridized carbons (Fsp3) is 0.556. The molecule has 0 radical (unpaired) electrons. The lowest BCUT2D eigenvalue weighted by molar-refractivity contribution is -0.126. The molecule has 14 heavy (non-hydrogen) atoms. The third-order valence-electron chi connectivity index (χ3n) is 3.37. The van der Waals surface area contributed by atoms with Gasteiger partial charge in [-0.15, -0.1) is 0 Å². The molecule has 0 bridgehead atoms. The zero-order chi connectivity index (χ0) is 9.65. The molecule has 0 spiro atoms. The van der Waals surface area contributed by atoms with Crippen LogP contribution in [0.4, 0.5) is 0 Å². The highest BCUT2D eigenvalue weighted by Gasteiger charge is 2.59. The Labute approximate surface area is 81.6 Å². The van der Waals surface area contributed by atoms with Gasteiger partial charge in [-0.3, -0.25) is 15.2 Å². The molecule has 0 aromatic carbocycles. The molecule has 0 amide bonds. The molecule has 0 aromatic heterocycles. The zero-order valence-corrected chi connectivity index (χ0v) is 7.71. The normalized spacial score (nSPS) is 45.0. The molecule has 2 saturated heterocycles. The Morgan fingerprint density at radius 3 is 3.21 bits per heavy atom. The van der Waals surface area contributed by atoms with Crippen LogP contribution in [0.5, 0.6) is 0 Å². The number of carbonyl (C=O) groups excluding carboxylic acids is 1. The molecule has 0 aromatic rings. The van der Waals surface area contributed by atoms with Crippen molar-refractivity contribution < 1.29 is 4.79 Å². The maximum absolute atomic E-state index is 11.9. The molecule has 0 saturated carbocycles. The van der Waals surface area contributed by atoms with Gasteiger partial charge in [0.1, 0.15) is 5.54 Å². The van der Waals surface area contributed by atoms with Crippen LogP contribution >= 0.6 is 0 Å². The van der Waals surface area contributed by atoms with E-state index in [0.29, 0.717) is 6.54 Å². The SMILES string of the molecule is O=C1CNCC23C=NC=CC12NNC3. The van der Waals surface area contributed by atoms with E-state index in [2.05, 4.69) is 21.2 Å². The minimum Gasteiger partial charge on any atom is -0.309 e. The van der Waals surface area contributed by atoms with Gasteiger partial charge < -0.3 is 5.32 Å². The maximum atomic E-state index is 11.9. The molecule has 3 heterocycles. The number of Topliss-reactive ketones (excluding diaryl/α,β-unsaturated/α-hetero) is 1. The summed E-state index contributed by atoms with van der Waals surface area (Å²) >= 11 is 0. The number of hydrazine groups is 1. The first-order valence-electron chi connectivity index (χ1n) is 4.75. The van der Waals surface area contributed by atoms with Gasteiger partial charge in [0.15, 0.2) is 5.78 Å². The smallest absolute Gasteiger partial charge is 0.172 e. The Morgan fingerprint density at radius 1 is 1.43 bits per heavy atom. The summed E-state index contributed by atoms with van der Waals surface area (Å²) in [6.45, 7) is 1.95. The summed E-state index contributed by atoms with van der Waals surface area (Å²) in [6.07, 6.45) is 5.45. The fourth-order valence-electron chi connectivity index (χ4n) is 2.53. The van der Waals surface area contributed by atoms with Gasteiger partial charge in [-0.1, -0.05) is 0 Å². The molecule has 2 fully saturated rings. The lowest BCUT2D eigenvalue weighted by Crippen LogP contribution is -2.68. The van der Waals surface area contributed by atoms with Gasteiger partial charge in [0.05, 0.1) is 12.0 Å². The molecule has 5 nitrogen and oxygen atoms in total. The summed E-state index contributed by atoms with van der Waals surface area (Å²) in [5.74, 6) is 0.177. The van der Waals surface area contributed by atoms with E-state index in [-0.39, 0.29) is 11.2 Å². The van der Waals surface area contributed by atoms with E-state index < -0.39 is 5.54 Å². The summed E-state index contributed by atoms with van der Waals surface area (Å²) in [7, 11) is 0. The van der Waals surface area contributed by atoms with Gasteiger partial charge in [0.25, 0.3) is 0 Å². The number of aliphatic imine (C=N–C) groups is 1. The molecule has 3 rings (SSSR count). The molecule has 0 aliphatic carbocycles. The van der Waals surface area contributed by atoms with Crippen molar-refractivity contribution in [1.82, 2.24) is 16.2 Å². The van der Waals surface area contributed by atoms with Crippen molar-refractivity contribution in [3.8, 4) is 0 Å². The van der Waals surface area contributed by atoms with Crippen LogP contribution in [0.2, 0.25) is 0 Å². The number of rotatable bonds is 0. The molecule has 3 N–H and O–H groups in total. The Morgan fingerprint density at radius 2 is 2.36 bits per heavy atom. The van der Waals surface area contributed by atoms with Gasteiger partial charge in [-0.05, 0) is 6.08 Å². The summed E-state index contributed by atoms with van der Waals surface area (Å²) in [4.78, 5) is 16.1. The predicted octanol–water partition coefficient (Wildman–Crippen LogP) is -1.41. The second kappa shape index (κ2) is 2.50. The van der Waals surface area contributed by atoms with Gasteiger partial charge in [-0.2, -0.15) is 0 Å². The van der Waals surface area contributed by atoms with Crippen molar-refractivity contribution in [2.45, 2.75) is 5.54 Å². The minimum atomic E-state index is -0.569. The molecular weight excluding hydrogens is 180 g/mol. The van der Waals surface area contributed by atoms with E-state index in [1.165, 1.54) is 0 Å². The molecule has 3 aliphatic rings. The largest absolute Gasteiger partial charge is 0.309 e. The van der Waals surface area contributed by atoms with E-state index in [4.69, 9.17) is 0 Å². The van der Waals surface area contributed by atoms with Gasteiger partial charge in [0, 0.05) is 25.5 Å². The zero-order valence-electron chi connectivity index (χ0n) is 7.71. The quantitative estimate of drug-likeness (QED) is 0.441. The standard InChI is InChI=1S/C9H12N4O/c14-7-3-11-5-8-4-10-2-1-9(7,8)13-12-6-8/h1-2,4,11-13H,3,5-6H2. The van der Waals surface area contributed by atoms with E-state index in [9.17, 15) is 4.79 Å². The number of nitrogens with zero attached hydrogens (tertiary/aromatic N) is 1. The summed E-state index contributed by atoms with van der Waals surface area (Å²) < 4.78 is 0.